The van der Waals surface area contributed by atoms with E-state index in [1.165, 1.54) is 6.07 Å². The van der Waals surface area contributed by atoms with Gasteiger partial charge in [-0.3, -0.25) is 0 Å². The van der Waals surface area contributed by atoms with Crippen LogP contribution in [0.2, 0.25) is 0 Å². The van der Waals surface area contributed by atoms with Gasteiger partial charge in [-0.2, -0.15) is 0 Å². The summed E-state index contributed by atoms with van der Waals surface area (Å²) in [6, 6.07) is 3.62. The SMILES string of the molecule is COC(C)[C@H](C)NC(=O)NCC1CCN(c2ccc(F)c(F)c2)C1. The van der Waals surface area contributed by atoms with Crippen LogP contribution in [0.25, 0.3) is 0 Å². The van der Waals surface area contributed by atoms with Crippen molar-refractivity contribution in [1.29, 1.82) is 0 Å². The van der Waals surface area contributed by atoms with E-state index in [-0.39, 0.29) is 24.1 Å². The molecule has 1 aromatic carbocycles. The summed E-state index contributed by atoms with van der Waals surface area (Å²) >= 11 is 0. The maximum Gasteiger partial charge on any atom is 0.315 e. The molecule has 1 aromatic rings. The quantitative estimate of drug-likeness (QED) is 0.836. The molecule has 24 heavy (non-hydrogen) atoms. The summed E-state index contributed by atoms with van der Waals surface area (Å²) in [4.78, 5) is 13.9. The third-order valence-corrected chi connectivity index (χ3v) is 4.54. The van der Waals surface area contributed by atoms with Crippen LogP contribution in [0.4, 0.5) is 19.3 Å². The molecule has 2 unspecified atom stereocenters. The van der Waals surface area contributed by atoms with Crippen molar-refractivity contribution >= 4 is 11.7 Å². The Morgan fingerprint density at radius 2 is 2.12 bits per heavy atom. The van der Waals surface area contributed by atoms with Gasteiger partial charge < -0.3 is 20.3 Å². The van der Waals surface area contributed by atoms with Gasteiger partial charge in [-0.15, -0.1) is 0 Å². The van der Waals surface area contributed by atoms with Crippen LogP contribution < -0.4 is 15.5 Å². The Labute approximate surface area is 141 Å². The van der Waals surface area contributed by atoms with Crippen molar-refractivity contribution < 1.29 is 18.3 Å². The van der Waals surface area contributed by atoms with E-state index in [4.69, 9.17) is 4.74 Å². The van der Waals surface area contributed by atoms with Crippen molar-refractivity contribution in [1.82, 2.24) is 10.6 Å². The van der Waals surface area contributed by atoms with Gasteiger partial charge in [0.25, 0.3) is 0 Å². The molecule has 7 heteroatoms. The van der Waals surface area contributed by atoms with E-state index in [1.54, 1.807) is 13.2 Å². The molecule has 1 aliphatic heterocycles. The fourth-order valence-corrected chi connectivity index (χ4v) is 2.73. The summed E-state index contributed by atoms with van der Waals surface area (Å²) in [5.41, 5.74) is 0.670. The molecule has 5 nitrogen and oxygen atoms in total. The topological polar surface area (TPSA) is 53.6 Å². The highest BCUT2D eigenvalue weighted by atomic mass is 19.2. The van der Waals surface area contributed by atoms with Gasteiger partial charge in [0.2, 0.25) is 0 Å². The Bertz CT molecular complexity index is 571. The molecule has 0 bridgehead atoms. The molecular weight excluding hydrogens is 316 g/mol. The molecule has 3 atom stereocenters. The first kappa shape index (κ1) is 18.4. The van der Waals surface area contributed by atoms with Gasteiger partial charge in [0.15, 0.2) is 11.6 Å². The number of hydrogen-bond donors (Lipinski definition) is 2. The third-order valence-electron chi connectivity index (χ3n) is 4.54. The van der Waals surface area contributed by atoms with E-state index >= 15 is 0 Å². The third kappa shape index (κ3) is 4.80. The number of nitrogens with zero attached hydrogens (tertiary/aromatic N) is 1. The first-order valence-corrected chi connectivity index (χ1v) is 8.18. The highest BCUT2D eigenvalue weighted by Crippen LogP contribution is 2.24. The van der Waals surface area contributed by atoms with E-state index < -0.39 is 11.6 Å². The number of rotatable bonds is 6. The number of halogens is 2. The monoisotopic (exact) mass is 341 g/mol. The van der Waals surface area contributed by atoms with Crippen molar-refractivity contribution in [3.63, 3.8) is 0 Å². The van der Waals surface area contributed by atoms with Crippen LogP contribution in [0.1, 0.15) is 20.3 Å². The van der Waals surface area contributed by atoms with Gasteiger partial charge >= 0.3 is 6.03 Å². The maximum atomic E-state index is 13.3. The minimum absolute atomic E-state index is 0.0638. The molecular formula is C17H25F2N3O2. The molecule has 2 rings (SSSR count). The lowest BCUT2D eigenvalue weighted by Gasteiger charge is -2.21. The fraction of sp³-hybridized carbons (Fsp3) is 0.588. The average molecular weight is 341 g/mol. The molecule has 0 aliphatic carbocycles. The first-order chi connectivity index (χ1) is 11.4. The van der Waals surface area contributed by atoms with Gasteiger partial charge in [-0.05, 0) is 38.3 Å². The molecule has 0 aromatic heterocycles. The molecule has 0 radical (unpaired) electrons. The number of carbonyl (C=O) groups excluding carboxylic acids is 1. The van der Waals surface area contributed by atoms with Crippen molar-refractivity contribution in [2.24, 2.45) is 5.92 Å². The minimum Gasteiger partial charge on any atom is -0.380 e. The van der Waals surface area contributed by atoms with Gasteiger partial charge in [0, 0.05) is 38.5 Å². The van der Waals surface area contributed by atoms with E-state index in [2.05, 4.69) is 10.6 Å². The molecule has 0 saturated carbocycles. The highest BCUT2D eigenvalue weighted by molar-refractivity contribution is 5.74. The Hall–Kier alpha value is -1.89. The lowest BCUT2D eigenvalue weighted by Crippen LogP contribution is -2.47. The molecule has 2 amide bonds. The number of nitrogens with one attached hydrogen (secondary N) is 2. The standard InChI is InChI=1S/C17H25F2N3O2/c1-11(12(2)24-3)21-17(23)20-9-13-6-7-22(10-13)14-4-5-15(18)16(19)8-14/h4-5,8,11-13H,6-7,9-10H2,1-3H3,(H2,20,21,23)/t11-,12?,13?/m0/s1. The Kier molecular flexibility index (Phi) is 6.36. The van der Waals surface area contributed by atoms with Crippen LogP contribution in [-0.2, 0) is 4.74 Å². The lowest BCUT2D eigenvalue weighted by molar-refractivity contribution is 0.0911. The van der Waals surface area contributed by atoms with Crippen LogP contribution in [0, 0.1) is 17.6 Å². The van der Waals surface area contributed by atoms with Gasteiger partial charge in [-0.1, -0.05) is 0 Å². The van der Waals surface area contributed by atoms with Crippen molar-refractivity contribution in [3.8, 4) is 0 Å². The van der Waals surface area contributed by atoms with Crippen molar-refractivity contribution in [2.75, 3.05) is 31.6 Å². The summed E-state index contributed by atoms with van der Waals surface area (Å²) in [6.07, 6.45) is 0.828. The Morgan fingerprint density at radius 1 is 1.38 bits per heavy atom. The molecule has 1 saturated heterocycles. The predicted molar refractivity (Wildman–Crippen MR) is 89.1 cm³/mol. The second kappa shape index (κ2) is 8.28. The Morgan fingerprint density at radius 3 is 2.79 bits per heavy atom. The molecule has 1 fully saturated rings. The normalized spacial score (nSPS) is 19.9. The number of anilines is 1. The molecule has 0 spiro atoms. The number of amides is 2. The molecule has 2 N–H and O–H groups in total. The number of benzene rings is 1. The zero-order valence-electron chi connectivity index (χ0n) is 14.3. The lowest BCUT2D eigenvalue weighted by atomic mass is 10.1. The summed E-state index contributed by atoms with van der Waals surface area (Å²) in [5.74, 6) is -1.40. The van der Waals surface area contributed by atoms with E-state index in [0.717, 1.165) is 19.0 Å². The fourth-order valence-electron chi connectivity index (χ4n) is 2.73. The van der Waals surface area contributed by atoms with Crippen LogP contribution in [-0.4, -0.2) is 44.9 Å². The minimum atomic E-state index is -0.841. The number of ether oxygens (including phenoxy) is 1. The largest absolute Gasteiger partial charge is 0.380 e. The molecule has 1 aliphatic rings. The number of hydrogen-bond acceptors (Lipinski definition) is 3. The number of methoxy groups -OCH3 is 1. The van der Waals surface area contributed by atoms with Crippen LogP contribution in [0.5, 0.6) is 0 Å². The summed E-state index contributed by atoms with van der Waals surface area (Å²) < 4.78 is 31.5. The molecule has 1 heterocycles. The van der Waals surface area contributed by atoms with E-state index in [0.29, 0.717) is 18.8 Å². The zero-order chi connectivity index (χ0) is 17.7. The highest BCUT2D eigenvalue weighted by Gasteiger charge is 2.24. The second-order valence-electron chi connectivity index (χ2n) is 6.28. The zero-order valence-corrected chi connectivity index (χ0v) is 14.3. The van der Waals surface area contributed by atoms with E-state index in [9.17, 15) is 13.6 Å². The van der Waals surface area contributed by atoms with Crippen LogP contribution in [0.3, 0.4) is 0 Å². The van der Waals surface area contributed by atoms with Gasteiger partial charge in [0.05, 0.1) is 12.1 Å². The number of urea groups is 1. The van der Waals surface area contributed by atoms with Crippen molar-refractivity contribution in [3.05, 3.63) is 29.8 Å². The molecule has 134 valence electrons. The summed E-state index contributed by atoms with van der Waals surface area (Å²) in [6.45, 7) is 5.78. The summed E-state index contributed by atoms with van der Waals surface area (Å²) in [7, 11) is 1.60. The van der Waals surface area contributed by atoms with Gasteiger partial charge in [-0.25, -0.2) is 13.6 Å². The smallest absolute Gasteiger partial charge is 0.315 e. The second-order valence-corrected chi connectivity index (χ2v) is 6.28. The van der Waals surface area contributed by atoms with Gasteiger partial charge in [0.1, 0.15) is 0 Å². The average Bonchev–Trinajstić information content (AvgIpc) is 3.03. The van der Waals surface area contributed by atoms with Crippen LogP contribution >= 0.6 is 0 Å². The Balaban J connectivity index is 1.77. The van der Waals surface area contributed by atoms with Crippen molar-refractivity contribution in [2.45, 2.75) is 32.4 Å². The maximum absolute atomic E-state index is 13.3. The van der Waals surface area contributed by atoms with E-state index in [1.807, 2.05) is 18.7 Å². The first-order valence-electron chi connectivity index (χ1n) is 8.18. The summed E-state index contributed by atoms with van der Waals surface area (Å²) in [5, 5.41) is 5.69. The van der Waals surface area contributed by atoms with Crippen LogP contribution in [0.15, 0.2) is 18.2 Å². The predicted octanol–water partition coefficient (Wildman–Crippen LogP) is 2.51. The number of carbonyl (C=O) groups is 1.